The SMILES string of the molecule is CC1CC(n2c(Nc3ccc(C(C)C)cc3)nc3cc(CC(=O)O)c(F)cc32)CC(C)(C)C1. The van der Waals surface area contributed by atoms with Gasteiger partial charge in [0.05, 0.1) is 17.5 Å². The summed E-state index contributed by atoms with van der Waals surface area (Å²) >= 11 is 0. The Labute approximate surface area is 195 Å². The largest absolute Gasteiger partial charge is 0.481 e. The molecule has 1 aliphatic rings. The van der Waals surface area contributed by atoms with Gasteiger partial charge in [0.2, 0.25) is 5.95 Å². The van der Waals surface area contributed by atoms with Gasteiger partial charge in [-0.25, -0.2) is 9.37 Å². The molecule has 1 fully saturated rings. The van der Waals surface area contributed by atoms with Crippen LogP contribution in [-0.2, 0) is 11.2 Å². The Morgan fingerprint density at radius 3 is 2.55 bits per heavy atom. The fourth-order valence-electron chi connectivity index (χ4n) is 5.49. The van der Waals surface area contributed by atoms with Crippen LogP contribution < -0.4 is 5.32 Å². The van der Waals surface area contributed by atoms with Gasteiger partial charge >= 0.3 is 5.97 Å². The molecule has 2 aromatic carbocycles. The Morgan fingerprint density at radius 1 is 1.24 bits per heavy atom. The molecule has 2 atom stereocenters. The van der Waals surface area contributed by atoms with Gasteiger partial charge in [0.1, 0.15) is 5.82 Å². The number of fused-ring (bicyclic) bond motifs is 1. The van der Waals surface area contributed by atoms with Crippen molar-refractivity contribution in [3.63, 3.8) is 0 Å². The molecule has 1 saturated carbocycles. The molecule has 0 amide bonds. The highest BCUT2D eigenvalue weighted by Crippen LogP contribution is 2.46. The van der Waals surface area contributed by atoms with Gasteiger partial charge in [-0.05, 0) is 60.3 Å². The van der Waals surface area contributed by atoms with Crippen molar-refractivity contribution in [3.05, 3.63) is 53.3 Å². The third kappa shape index (κ3) is 5.05. The number of halogens is 1. The average Bonchev–Trinajstić information content (AvgIpc) is 3.03. The maximum atomic E-state index is 14.9. The molecular formula is C27H34FN3O2. The number of nitrogens with zero attached hydrogens (tertiary/aromatic N) is 2. The molecule has 0 saturated heterocycles. The van der Waals surface area contributed by atoms with Crippen molar-refractivity contribution in [2.24, 2.45) is 11.3 Å². The summed E-state index contributed by atoms with van der Waals surface area (Å²) in [5.74, 6) is 0.112. The summed E-state index contributed by atoms with van der Waals surface area (Å²) < 4.78 is 17.0. The Bertz CT molecular complexity index is 1160. The molecule has 3 aromatic rings. The number of benzene rings is 2. The zero-order valence-corrected chi connectivity index (χ0v) is 20.2. The van der Waals surface area contributed by atoms with E-state index in [0.29, 0.717) is 28.8 Å². The van der Waals surface area contributed by atoms with Crippen LogP contribution in [0.2, 0.25) is 0 Å². The van der Waals surface area contributed by atoms with Gasteiger partial charge in [0.25, 0.3) is 0 Å². The summed E-state index contributed by atoms with van der Waals surface area (Å²) in [6.45, 7) is 11.2. The number of carboxylic acids is 1. The van der Waals surface area contributed by atoms with Crippen molar-refractivity contribution in [3.8, 4) is 0 Å². The fourth-order valence-corrected chi connectivity index (χ4v) is 5.49. The van der Waals surface area contributed by atoms with Gasteiger partial charge in [-0.2, -0.15) is 0 Å². The van der Waals surface area contributed by atoms with E-state index in [2.05, 4.69) is 56.6 Å². The lowest BCUT2D eigenvalue weighted by Gasteiger charge is -2.40. The van der Waals surface area contributed by atoms with Gasteiger partial charge in [-0.15, -0.1) is 0 Å². The highest BCUT2D eigenvalue weighted by molar-refractivity contribution is 5.82. The average molecular weight is 452 g/mol. The van der Waals surface area contributed by atoms with E-state index in [1.807, 2.05) is 12.1 Å². The smallest absolute Gasteiger partial charge is 0.307 e. The summed E-state index contributed by atoms with van der Waals surface area (Å²) in [5.41, 5.74) is 3.84. The predicted molar refractivity (Wildman–Crippen MR) is 131 cm³/mol. The number of nitrogens with one attached hydrogen (secondary N) is 1. The summed E-state index contributed by atoms with van der Waals surface area (Å²) in [5, 5.41) is 12.6. The summed E-state index contributed by atoms with van der Waals surface area (Å²) in [4.78, 5) is 16.0. The normalized spacial score (nSPS) is 20.3. The highest BCUT2D eigenvalue weighted by Gasteiger charge is 2.35. The first-order valence-electron chi connectivity index (χ1n) is 11.8. The Balaban J connectivity index is 1.81. The van der Waals surface area contributed by atoms with Crippen LogP contribution in [0.15, 0.2) is 36.4 Å². The monoisotopic (exact) mass is 451 g/mol. The summed E-state index contributed by atoms with van der Waals surface area (Å²) in [7, 11) is 0. The van der Waals surface area contributed by atoms with E-state index >= 15 is 0 Å². The molecule has 4 rings (SSSR count). The van der Waals surface area contributed by atoms with E-state index in [9.17, 15) is 9.18 Å². The van der Waals surface area contributed by atoms with E-state index in [-0.39, 0.29) is 23.4 Å². The molecule has 0 bridgehead atoms. The topological polar surface area (TPSA) is 67.2 Å². The number of carbonyl (C=O) groups is 1. The maximum absolute atomic E-state index is 14.9. The number of rotatable bonds is 6. The van der Waals surface area contributed by atoms with Crippen LogP contribution in [-0.4, -0.2) is 20.6 Å². The molecule has 1 aromatic heterocycles. The first-order valence-corrected chi connectivity index (χ1v) is 11.8. The number of aromatic nitrogens is 2. The quantitative estimate of drug-likeness (QED) is 0.421. The van der Waals surface area contributed by atoms with Crippen LogP contribution in [0.25, 0.3) is 11.0 Å². The first-order chi connectivity index (χ1) is 15.5. The second-order valence-electron chi connectivity index (χ2n) is 10.8. The summed E-state index contributed by atoms with van der Waals surface area (Å²) in [6, 6.07) is 11.5. The van der Waals surface area contributed by atoms with Crippen molar-refractivity contribution < 1.29 is 14.3 Å². The van der Waals surface area contributed by atoms with Crippen molar-refractivity contribution in [1.82, 2.24) is 9.55 Å². The molecule has 1 aliphatic carbocycles. The number of anilines is 2. The van der Waals surface area contributed by atoms with Crippen molar-refractivity contribution >= 4 is 28.6 Å². The number of aliphatic carboxylic acids is 1. The minimum atomic E-state index is -1.06. The third-order valence-corrected chi connectivity index (χ3v) is 6.76. The molecule has 0 radical (unpaired) electrons. The van der Waals surface area contributed by atoms with Crippen LogP contribution in [0.3, 0.4) is 0 Å². The van der Waals surface area contributed by atoms with E-state index in [4.69, 9.17) is 10.1 Å². The fraction of sp³-hybridized carbons (Fsp3) is 0.481. The van der Waals surface area contributed by atoms with Crippen molar-refractivity contribution in [2.75, 3.05) is 5.32 Å². The first kappa shape index (κ1) is 23.3. The van der Waals surface area contributed by atoms with Crippen LogP contribution in [0.5, 0.6) is 0 Å². The zero-order valence-electron chi connectivity index (χ0n) is 20.2. The predicted octanol–water partition coefficient (Wildman–Crippen LogP) is 7.06. The second kappa shape index (κ2) is 8.81. The number of hydrogen-bond donors (Lipinski definition) is 2. The minimum Gasteiger partial charge on any atom is -0.481 e. The van der Waals surface area contributed by atoms with Crippen molar-refractivity contribution in [2.45, 2.75) is 72.3 Å². The van der Waals surface area contributed by atoms with Gasteiger partial charge in [-0.3, -0.25) is 4.79 Å². The lowest BCUT2D eigenvalue weighted by atomic mass is 9.70. The lowest BCUT2D eigenvalue weighted by molar-refractivity contribution is -0.136. The van der Waals surface area contributed by atoms with E-state index in [0.717, 1.165) is 24.9 Å². The standard InChI is InChI=1S/C27H34FN3O2/c1-16(2)18-6-8-20(9-7-18)29-26-30-23-11-19(12-25(32)33)22(28)13-24(23)31(26)21-10-17(3)14-27(4,5)15-21/h6-9,11,13,16-17,21H,10,12,14-15H2,1-5H3,(H,29,30)(H,32,33). The molecule has 0 spiro atoms. The molecule has 5 nitrogen and oxygen atoms in total. The third-order valence-electron chi connectivity index (χ3n) is 6.76. The number of imidazole rings is 1. The van der Waals surface area contributed by atoms with Crippen molar-refractivity contribution in [1.29, 1.82) is 0 Å². The van der Waals surface area contributed by atoms with Gasteiger partial charge in [0, 0.05) is 23.4 Å². The zero-order chi connectivity index (χ0) is 23.9. The van der Waals surface area contributed by atoms with E-state index in [1.165, 1.54) is 11.6 Å². The van der Waals surface area contributed by atoms with Crippen LogP contribution in [0.4, 0.5) is 16.0 Å². The van der Waals surface area contributed by atoms with E-state index in [1.54, 1.807) is 6.07 Å². The molecule has 0 aliphatic heterocycles. The summed E-state index contributed by atoms with van der Waals surface area (Å²) in [6.07, 6.45) is 2.77. The molecule has 33 heavy (non-hydrogen) atoms. The Morgan fingerprint density at radius 2 is 1.94 bits per heavy atom. The Hall–Kier alpha value is -2.89. The van der Waals surface area contributed by atoms with Crippen LogP contribution >= 0.6 is 0 Å². The molecule has 1 heterocycles. The molecule has 2 unspecified atom stereocenters. The van der Waals surface area contributed by atoms with Gasteiger partial charge in [-0.1, -0.05) is 46.8 Å². The van der Waals surface area contributed by atoms with Crippen LogP contribution in [0, 0.1) is 17.2 Å². The molecule has 176 valence electrons. The second-order valence-corrected chi connectivity index (χ2v) is 10.8. The number of carboxylic acid groups (broad SMARTS) is 1. The lowest BCUT2D eigenvalue weighted by Crippen LogP contribution is -2.29. The van der Waals surface area contributed by atoms with Gasteiger partial charge < -0.3 is 15.0 Å². The Kier molecular flexibility index (Phi) is 6.21. The van der Waals surface area contributed by atoms with Gasteiger partial charge in [0.15, 0.2) is 0 Å². The molecular weight excluding hydrogens is 417 g/mol. The minimum absolute atomic E-state index is 0.157. The maximum Gasteiger partial charge on any atom is 0.307 e. The molecule has 2 N–H and O–H groups in total. The van der Waals surface area contributed by atoms with Crippen LogP contribution in [0.1, 0.15) is 77.0 Å². The highest BCUT2D eigenvalue weighted by atomic mass is 19.1. The van der Waals surface area contributed by atoms with E-state index < -0.39 is 11.8 Å². The number of hydrogen-bond acceptors (Lipinski definition) is 3. The molecule has 6 heteroatoms.